The molecule has 3 aromatic rings. The lowest BCUT2D eigenvalue weighted by molar-refractivity contribution is -0.127. The number of ether oxygens (including phenoxy) is 3. The second-order valence-corrected chi connectivity index (χ2v) is 12.5. The molecule has 1 fully saturated rings. The fourth-order valence-corrected chi connectivity index (χ4v) is 6.10. The van der Waals surface area contributed by atoms with Gasteiger partial charge in [-0.1, -0.05) is 47.8 Å². The zero-order valence-electron chi connectivity index (χ0n) is 24.0. The number of nitrogens with zero attached hydrogens (tertiary/aromatic N) is 1. The van der Waals surface area contributed by atoms with Gasteiger partial charge in [-0.25, -0.2) is 4.79 Å². The van der Waals surface area contributed by atoms with E-state index in [1.54, 1.807) is 30.3 Å². The number of imide groups is 1. The van der Waals surface area contributed by atoms with Crippen molar-refractivity contribution in [1.29, 1.82) is 0 Å². The summed E-state index contributed by atoms with van der Waals surface area (Å²) >= 11 is 22.6. The van der Waals surface area contributed by atoms with Crippen molar-refractivity contribution in [2.75, 3.05) is 25.1 Å². The van der Waals surface area contributed by atoms with E-state index in [0.29, 0.717) is 56.4 Å². The monoisotopic (exact) mass is 754 g/mol. The minimum Gasteiger partial charge on any atom is -0.490 e. The lowest BCUT2D eigenvalue weighted by Gasteiger charge is -2.15. The van der Waals surface area contributed by atoms with E-state index in [0.717, 1.165) is 10.5 Å². The SMILES string of the molecule is CCCOC(=O)c1cc(NC(=O)CN2C(=O)S/C(=C\c3cc(Br)c(OCc4ccc(Cl)cc4Cl)c(OCC)c3)C2=O)ccc1Cl. The van der Waals surface area contributed by atoms with Crippen molar-refractivity contribution in [1.82, 2.24) is 4.90 Å². The van der Waals surface area contributed by atoms with E-state index in [9.17, 15) is 19.2 Å². The maximum atomic E-state index is 13.1. The van der Waals surface area contributed by atoms with Crippen LogP contribution in [0, 0.1) is 0 Å². The van der Waals surface area contributed by atoms with Crippen LogP contribution in [0.4, 0.5) is 10.5 Å². The first-order valence-electron chi connectivity index (χ1n) is 13.6. The Hall–Kier alpha value is -3.22. The molecule has 0 spiro atoms. The van der Waals surface area contributed by atoms with Crippen LogP contribution in [-0.2, 0) is 20.9 Å². The van der Waals surface area contributed by atoms with Gasteiger partial charge >= 0.3 is 5.97 Å². The number of carbonyl (C=O) groups is 4. The van der Waals surface area contributed by atoms with Gasteiger partial charge in [-0.2, -0.15) is 0 Å². The summed E-state index contributed by atoms with van der Waals surface area (Å²) in [5.74, 6) is -1.07. The third-order valence-electron chi connectivity index (χ3n) is 6.10. The third kappa shape index (κ3) is 8.95. The number of thioether (sulfide) groups is 1. The number of anilines is 1. The molecule has 0 unspecified atom stereocenters. The van der Waals surface area contributed by atoms with Gasteiger partial charge in [0.15, 0.2) is 11.5 Å². The van der Waals surface area contributed by atoms with Crippen LogP contribution in [0.25, 0.3) is 6.08 Å². The van der Waals surface area contributed by atoms with Gasteiger partial charge in [-0.15, -0.1) is 0 Å². The normalized spacial score (nSPS) is 13.7. The molecule has 0 radical (unpaired) electrons. The molecule has 1 aliphatic heterocycles. The molecule has 0 aliphatic carbocycles. The van der Waals surface area contributed by atoms with Gasteiger partial charge in [0, 0.05) is 21.3 Å². The van der Waals surface area contributed by atoms with Crippen LogP contribution in [0.5, 0.6) is 11.5 Å². The van der Waals surface area contributed by atoms with Gasteiger partial charge in [0.05, 0.1) is 33.2 Å². The highest BCUT2D eigenvalue weighted by molar-refractivity contribution is 9.10. The summed E-state index contributed by atoms with van der Waals surface area (Å²) in [5, 5.41) is 3.11. The first kappa shape index (κ1) is 34.6. The molecule has 0 atom stereocenters. The lowest BCUT2D eigenvalue weighted by atomic mass is 10.1. The lowest BCUT2D eigenvalue weighted by Crippen LogP contribution is -2.36. The molecule has 3 amide bonds. The van der Waals surface area contributed by atoms with Crippen LogP contribution < -0.4 is 14.8 Å². The zero-order chi connectivity index (χ0) is 32.7. The summed E-state index contributed by atoms with van der Waals surface area (Å²) in [6, 6.07) is 12.8. The third-order valence-corrected chi connectivity index (χ3v) is 8.51. The van der Waals surface area contributed by atoms with Crippen molar-refractivity contribution in [3.8, 4) is 11.5 Å². The number of nitrogens with one attached hydrogen (secondary N) is 1. The molecule has 236 valence electrons. The number of hydrogen-bond acceptors (Lipinski definition) is 8. The van der Waals surface area contributed by atoms with Crippen molar-refractivity contribution in [2.24, 2.45) is 0 Å². The van der Waals surface area contributed by atoms with Crippen molar-refractivity contribution < 1.29 is 33.4 Å². The van der Waals surface area contributed by atoms with Gasteiger partial charge < -0.3 is 19.5 Å². The molecule has 1 heterocycles. The van der Waals surface area contributed by atoms with Gasteiger partial charge in [0.2, 0.25) is 5.91 Å². The Morgan fingerprint density at radius 1 is 1.00 bits per heavy atom. The van der Waals surface area contributed by atoms with Crippen LogP contribution in [0.15, 0.2) is 57.9 Å². The van der Waals surface area contributed by atoms with Gasteiger partial charge in [-0.05, 0) is 95.1 Å². The number of benzene rings is 3. The van der Waals surface area contributed by atoms with Crippen molar-refractivity contribution in [2.45, 2.75) is 26.9 Å². The Kier molecular flexibility index (Phi) is 12.2. The standard InChI is InChI=1S/C31H26BrCl3N2O7S/c1-3-9-43-30(40)21-14-20(7-8-23(21)34)36-27(38)15-37-29(39)26(45-31(37)41)12-17-10-22(32)28(25(11-17)42-4-2)44-16-18-5-6-19(33)13-24(18)35/h5-8,10-14H,3-4,9,15-16H2,1-2H3,(H,36,38)/b26-12-. The molecule has 0 saturated carbocycles. The maximum absolute atomic E-state index is 13.1. The van der Waals surface area contributed by atoms with Crippen LogP contribution in [0.1, 0.15) is 41.8 Å². The predicted octanol–water partition coefficient (Wildman–Crippen LogP) is 8.63. The fourth-order valence-electron chi connectivity index (χ4n) is 4.03. The maximum Gasteiger partial charge on any atom is 0.339 e. The summed E-state index contributed by atoms with van der Waals surface area (Å²) in [7, 11) is 0. The van der Waals surface area contributed by atoms with Crippen LogP contribution in [0.2, 0.25) is 15.1 Å². The topological polar surface area (TPSA) is 111 Å². The highest BCUT2D eigenvalue weighted by Gasteiger charge is 2.36. The second kappa shape index (κ2) is 15.9. The molecule has 14 heteroatoms. The summed E-state index contributed by atoms with van der Waals surface area (Å²) in [4.78, 5) is 51.9. The van der Waals surface area contributed by atoms with E-state index in [1.165, 1.54) is 24.3 Å². The first-order chi connectivity index (χ1) is 21.5. The number of carbonyl (C=O) groups excluding carboxylic acids is 4. The predicted molar refractivity (Wildman–Crippen MR) is 179 cm³/mol. The molecule has 1 aliphatic rings. The molecule has 0 aromatic heterocycles. The summed E-state index contributed by atoms with van der Waals surface area (Å²) in [6.45, 7) is 3.85. The molecule has 45 heavy (non-hydrogen) atoms. The summed E-state index contributed by atoms with van der Waals surface area (Å²) in [5.41, 5.74) is 1.62. The van der Waals surface area contributed by atoms with Crippen molar-refractivity contribution in [3.05, 3.63) is 89.7 Å². The highest BCUT2D eigenvalue weighted by Crippen LogP contribution is 2.40. The second-order valence-electron chi connectivity index (χ2n) is 9.43. The number of amides is 3. The average molecular weight is 757 g/mol. The van der Waals surface area contributed by atoms with Gasteiger partial charge in [-0.3, -0.25) is 19.3 Å². The smallest absolute Gasteiger partial charge is 0.339 e. The quantitative estimate of drug-likeness (QED) is 0.145. The number of esters is 1. The molecule has 1 N–H and O–H groups in total. The van der Waals surface area contributed by atoms with E-state index >= 15 is 0 Å². The Morgan fingerprint density at radius 3 is 2.49 bits per heavy atom. The number of rotatable bonds is 12. The fraction of sp³-hybridized carbons (Fsp3) is 0.226. The number of halogens is 4. The van der Waals surface area contributed by atoms with Gasteiger partial charge in [0.25, 0.3) is 11.1 Å². The molecule has 9 nitrogen and oxygen atoms in total. The van der Waals surface area contributed by atoms with Crippen molar-refractivity contribution >= 4 is 97.3 Å². The van der Waals surface area contributed by atoms with Crippen LogP contribution >= 0.6 is 62.5 Å². The Balaban J connectivity index is 1.46. The van der Waals surface area contributed by atoms with Crippen LogP contribution in [0.3, 0.4) is 0 Å². The van der Waals surface area contributed by atoms with E-state index in [4.69, 9.17) is 49.0 Å². The Morgan fingerprint density at radius 2 is 1.78 bits per heavy atom. The average Bonchev–Trinajstić information content (AvgIpc) is 3.24. The first-order valence-corrected chi connectivity index (χ1v) is 16.3. The van der Waals surface area contributed by atoms with Crippen LogP contribution in [-0.4, -0.2) is 47.7 Å². The minimum absolute atomic E-state index is 0.0831. The van der Waals surface area contributed by atoms with E-state index < -0.39 is 29.6 Å². The van der Waals surface area contributed by atoms with E-state index in [1.807, 2.05) is 13.8 Å². The molecule has 3 aromatic carbocycles. The summed E-state index contributed by atoms with van der Waals surface area (Å²) < 4.78 is 17.5. The molecule has 1 saturated heterocycles. The Bertz CT molecular complexity index is 1690. The van der Waals surface area contributed by atoms with E-state index in [2.05, 4.69) is 21.2 Å². The highest BCUT2D eigenvalue weighted by atomic mass is 79.9. The minimum atomic E-state index is -0.641. The molecule has 4 rings (SSSR count). The summed E-state index contributed by atoms with van der Waals surface area (Å²) in [6.07, 6.45) is 2.17. The van der Waals surface area contributed by atoms with Gasteiger partial charge in [0.1, 0.15) is 13.2 Å². The van der Waals surface area contributed by atoms with Crippen molar-refractivity contribution in [3.63, 3.8) is 0 Å². The largest absolute Gasteiger partial charge is 0.490 e. The number of hydrogen-bond donors (Lipinski definition) is 1. The molecule has 0 bridgehead atoms. The van der Waals surface area contributed by atoms with E-state index in [-0.39, 0.29) is 34.4 Å². The molecular formula is C31H26BrCl3N2O7S. The zero-order valence-corrected chi connectivity index (χ0v) is 28.6. The molecular weight excluding hydrogens is 731 g/mol. The Labute approximate surface area is 287 Å².